The highest BCUT2D eigenvalue weighted by molar-refractivity contribution is 6.08. The van der Waals surface area contributed by atoms with Crippen molar-refractivity contribution < 1.29 is 23.9 Å². The molecule has 0 spiro atoms. The first-order chi connectivity index (χ1) is 18.9. The first kappa shape index (κ1) is 29.0. The molecule has 40 heavy (non-hydrogen) atoms. The second kappa shape index (κ2) is 12.1. The molecular formula is C30H39N5O5. The van der Waals surface area contributed by atoms with Crippen LogP contribution in [-0.4, -0.2) is 53.0 Å². The minimum absolute atomic E-state index is 0.0267. The van der Waals surface area contributed by atoms with Crippen molar-refractivity contribution in [3.05, 3.63) is 53.9 Å². The van der Waals surface area contributed by atoms with Gasteiger partial charge in [-0.05, 0) is 63.3 Å². The lowest BCUT2D eigenvalue weighted by Gasteiger charge is -2.37. The first-order valence-corrected chi connectivity index (χ1v) is 13.9. The van der Waals surface area contributed by atoms with Gasteiger partial charge in [-0.1, -0.05) is 32.0 Å². The van der Waals surface area contributed by atoms with E-state index < -0.39 is 29.7 Å². The fraction of sp³-hybridized carbons (Fsp3) is 0.500. The Kier molecular flexibility index (Phi) is 8.76. The van der Waals surface area contributed by atoms with Gasteiger partial charge in [0.25, 0.3) is 0 Å². The molecule has 2 N–H and O–H groups in total. The minimum Gasteiger partial charge on any atom is -0.444 e. The number of anilines is 2. The van der Waals surface area contributed by atoms with Gasteiger partial charge in [-0.15, -0.1) is 0 Å². The molecule has 1 aromatic heterocycles. The van der Waals surface area contributed by atoms with Crippen LogP contribution in [0.4, 0.5) is 16.2 Å². The molecule has 0 saturated carbocycles. The van der Waals surface area contributed by atoms with Gasteiger partial charge >= 0.3 is 6.09 Å². The van der Waals surface area contributed by atoms with Gasteiger partial charge in [-0.25, -0.2) is 4.79 Å². The highest BCUT2D eigenvalue weighted by Gasteiger charge is 2.39. The quantitative estimate of drug-likeness (QED) is 0.518. The molecule has 2 aliphatic rings. The molecule has 10 heteroatoms. The number of ether oxygens (including phenoxy) is 1. The molecule has 214 valence electrons. The zero-order valence-corrected chi connectivity index (χ0v) is 23.9. The summed E-state index contributed by atoms with van der Waals surface area (Å²) in [6.07, 6.45) is 2.84. The van der Waals surface area contributed by atoms with E-state index >= 15 is 0 Å². The Morgan fingerprint density at radius 2 is 1.90 bits per heavy atom. The van der Waals surface area contributed by atoms with Crippen molar-refractivity contribution in [2.75, 3.05) is 16.3 Å². The van der Waals surface area contributed by atoms with Crippen LogP contribution < -0.4 is 20.4 Å². The summed E-state index contributed by atoms with van der Waals surface area (Å²) in [6, 6.07) is 9.42. The zero-order chi connectivity index (χ0) is 29.0. The predicted octanol–water partition coefficient (Wildman–Crippen LogP) is 3.72. The molecule has 1 aromatic carbocycles. The molecule has 3 heterocycles. The van der Waals surface area contributed by atoms with E-state index in [4.69, 9.17) is 4.74 Å². The third kappa shape index (κ3) is 6.97. The standard InChI is InChI=1S/C30H39N5O5/c1-19(2)16-22(33-29(39)40-30(3,4)5)27(37)32-23-17-20-10-8-12-24(34-15-9-13-25(34)36)26(20)35(28(23)38)18-21-11-6-7-14-31-21/h6-8,10-12,14,19,22-23H,9,13,15-18H2,1-5H3,(H,32,37)(H,33,39)/t22-,23?/m1/s1. The molecule has 4 amide bonds. The number of benzene rings is 1. The maximum Gasteiger partial charge on any atom is 0.408 e. The number of fused-ring (bicyclic) bond motifs is 1. The fourth-order valence-electron chi connectivity index (χ4n) is 5.13. The molecule has 0 bridgehead atoms. The average Bonchev–Trinajstić information content (AvgIpc) is 3.30. The molecule has 2 atom stereocenters. The number of aromatic nitrogens is 1. The Bertz CT molecular complexity index is 1260. The number of hydrogen-bond donors (Lipinski definition) is 2. The number of nitrogens with zero attached hydrogens (tertiary/aromatic N) is 3. The van der Waals surface area contributed by atoms with E-state index in [1.54, 1.807) is 42.8 Å². The fourth-order valence-corrected chi connectivity index (χ4v) is 5.13. The van der Waals surface area contributed by atoms with E-state index in [1.807, 2.05) is 44.2 Å². The van der Waals surface area contributed by atoms with Crippen molar-refractivity contribution in [2.24, 2.45) is 5.92 Å². The monoisotopic (exact) mass is 549 g/mol. The Hall–Kier alpha value is -3.95. The maximum absolute atomic E-state index is 14.0. The average molecular weight is 550 g/mol. The molecule has 1 fully saturated rings. The Labute approximate surface area is 235 Å². The van der Waals surface area contributed by atoms with Crippen molar-refractivity contribution in [1.29, 1.82) is 0 Å². The van der Waals surface area contributed by atoms with Crippen molar-refractivity contribution in [1.82, 2.24) is 15.6 Å². The maximum atomic E-state index is 14.0. The van der Waals surface area contributed by atoms with E-state index in [9.17, 15) is 19.2 Å². The second-order valence-corrected chi connectivity index (χ2v) is 11.8. The number of rotatable bonds is 8. The van der Waals surface area contributed by atoms with E-state index in [2.05, 4.69) is 15.6 Å². The van der Waals surface area contributed by atoms with Gasteiger partial charge in [0.2, 0.25) is 17.7 Å². The van der Waals surface area contributed by atoms with Crippen molar-refractivity contribution >= 4 is 35.2 Å². The SMILES string of the molecule is CC(C)C[C@@H](NC(=O)OC(C)(C)C)C(=O)NC1Cc2cccc(N3CCCC3=O)c2N(Cc2ccccn2)C1=O. The minimum atomic E-state index is -0.873. The Morgan fingerprint density at radius 1 is 1.12 bits per heavy atom. The van der Waals surface area contributed by atoms with Crippen molar-refractivity contribution in [2.45, 2.75) is 84.5 Å². The second-order valence-electron chi connectivity index (χ2n) is 11.8. The number of nitrogens with one attached hydrogen (secondary N) is 2. The van der Waals surface area contributed by atoms with Crippen LogP contribution in [0.25, 0.3) is 0 Å². The van der Waals surface area contributed by atoms with E-state index in [-0.39, 0.29) is 30.7 Å². The van der Waals surface area contributed by atoms with Gasteiger partial charge in [-0.2, -0.15) is 0 Å². The molecule has 4 rings (SSSR count). The number of pyridine rings is 1. The third-order valence-electron chi connectivity index (χ3n) is 6.80. The molecule has 2 aliphatic heterocycles. The van der Waals surface area contributed by atoms with Crippen LogP contribution in [0, 0.1) is 5.92 Å². The summed E-state index contributed by atoms with van der Waals surface area (Å²) in [6.45, 7) is 9.94. The highest BCUT2D eigenvalue weighted by Crippen LogP contribution is 2.39. The van der Waals surface area contributed by atoms with Crippen LogP contribution >= 0.6 is 0 Å². The summed E-state index contributed by atoms with van der Waals surface area (Å²) in [5, 5.41) is 5.57. The molecule has 1 saturated heterocycles. The van der Waals surface area contributed by atoms with Crippen molar-refractivity contribution in [3.8, 4) is 0 Å². The van der Waals surface area contributed by atoms with Crippen LogP contribution in [0.15, 0.2) is 42.6 Å². The van der Waals surface area contributed by atoms with E-state index in [0.29, 0.717) is 36.5 Å². The number of para-hydroxylation sites is 1. The highest BCUT2D eigenvalue weighted by atomic mass is 16.6. The lowest BCUT2D eigenvalue weighted by atomic mass is 9.94. The summed E-state index contributed by atoms with van der Waals surface area (Å²) < 4.78 is 5.37. The number of carbonyl (C=O) groups excluding carboxylic acids is 4. The predicted molar refractivity (Wildman–Crippen MR) is 152 cm³/mol. The molecular weight excluding hydrogens is 510 g/mol. The lowest BCUT2D eigenvalue weighted by Crippen LogP contribution is -2.57. The van der Waals surface area contributed by atoms with Crippen molar-refractivity contribution in [3.63, 3.8) is 0 Å². The Morgan fingerprint density at radius 3 is 2.52 bits per heavy atom. The number of amides is 4. The molecule has 0 aliphatic carbocycles. The lowest BCUT2D eigenvalue weighted by molar-refractivity contribution is -0.129. The summed E-state index contributed by atoms with van der Waals surface area (Å²) in [4.78, 5) is 60.4. The van der Waals surface area contributed by atoms with Gasteiger partial charge < -0.3 is 25.2 Å². The van der Waals surface area contributed by atoms with Gasteiger partial charge in [-0.3, -0.25) is 19.4 Å². The first-order valence-electron chi connectivity index (χ1n) is 13.9. The molecule has 1 unspecified atom stereocenters. The van der Waals surface area contributed by atoms with Crippen LogP contribution in [0.2, 0.25) is 0 Å². The Balaban J connectivity index is 1.63. The van der Waals surface area contributed by atoms with Gasteiger partial charge in [0, 0.05) is 25.6 Å². The number of alkyl carbamates (subject to hydrolysis) is 1. The van der Waals surface area contributed by atoms with Gasteiger partial charge in [0.15, 0.2) is 0 Å². The number of carbonyl (C=O) groups is 4. The van der Waals surface area contributed by atoms with Crippen LogP contribution in [0.3, 0.4) is 0 Å². The molecule has 10 nitrogen and oxygen atoms in total. The van der Waals surface area contributed by atoms with Gasteiger partial charge in [0.05, 0.1) is 23.6 Å². The largest absolute Gasteiger partial charge is 0.444 e. The summed E-state index contributed by atoms with van der Waals surface area (Å²) >= 11 is 0. The van der Waals surface area contributed by atoms with E-state index in [1.165, 1.54) is 0 Å². The summed E-state index contributed by atoms with van der Waals surface area (Å²) in [7, 11) is 0. The zero-order valence-electron chi connectivity index (χ0n) is 23.9. The smallest absolute Gasteiger partial charge is 0.408 e. The van der Waals surface area contributed by atoms with E-state index in [0.717, 1.165) is 12.0 Å². The molecule has 2 aromatic rings. The van der Waals surface area contributed by atoms with Crippen LogP contribution in [-0.2, 0) is 32.1 Å². The number of hydrogen-bond acceptors (Lipinski definition) is 6. The summed E-state index contributed by atoms with van der Waals surface area (Å²) in [5.41, 5.74) is 2.17. The van der Waals surface area contributed by atoms with Crippen LogP contribution in [0.5, 0.6) is 0 Å². The molecule has 0 radical (unpaired) electrons. The topological polar surface area (TPSA) is 121 Å². The summed E-state index contributed by atoms with van der Waals surface area (Å²) in [5.74, 6) is -0.621. The van der Waals surface area contributed by atoms with Gasteiger partial charge in [0.1, 0.15) is 17.7 Å². The normalized spacial score (nSPS) is 18.0. The third-order valence-corrected chi connectivity index (χ3v) is 6.80. The van der Waals surface area contributed by atoms with Crippen LogP contribution in [0.1, 0.15) is 65.1 Å².